The molecule has 0 aliphatic carbocycles. The Hall–Kier alpha value is -0.770. The van der Waals surface area contributed by atoms with Gasteiger partial charge < -0.3 is 15.2 Å². The average Bonchev–Trinajstić information content (AvgIpc) is 2.27. The highest BCUT2D eigenvalue weighted by molar-refractivity contribution is 6.32. The lowest BCUT2D eigenvalue weighted by atomic mass is 10.2. The van der Waals surface area contributed by atoms with Crippen molar-refractivity contribution in [1.29, 1.82) is 0 Å². The van der Waals surface area contributed by atoms with E-state index in [0.29, 0.717) is 16.7 Å². The molecule has 4 heteroatoms. The Labute approximate surface area is 114 Å². The molecule has 0 amide bonds. The SMILES string of the molecule is CC(C)CNCc1ccc(OCC(C)O)c(Cl)c1. The lowest BCUT2D eigenvalue weighted by molar-refractivity contribution is 0.123. The molecule has 2 N–H and O–H groups in total. The van der Waals surface area contributed by atoms with Crippen LogP contribution in [0.15, 0.2) is 18.2 Å². The van der Waals surface area contributed by atoms with E-state index in [9.17, 15) is 0 Å². The Kier molecular flexibility index (Phi) is 6.47. The maximum atomic E-state index is 9.15. The molecular weight excluding hydrogens is 250 g/mol. The summed E-state index contributed by atoms with van der Waals surface area (Å²) < 4.78 is 5.39. The monoisotopic (exact) mass is 271 g/mol. The van der Waals surface area contributed by atoms with E-state index >= 15 is 0 Å². The molecular formula is C14H22ClNO2. The van der Waals surface area contributed by atoms with Crippen LogP contribution < -0.4 is 10.1 Å². The summed E-state index contributed by atoms with van der Waals surface area (Å²) in [5.41, 5.74) is 1.13. The van der Waals surface area contributed by atoms with E-state index in [4.69, 9.17) is 21.4 Å². The average molecular weight is 272 g/mol. The molecule has 0 saturated carbocycles. The van der Waals surface area contributed by atoms with Crippen molar-refractivity contribution in [2.75, 3.05) is 13.2 Å². The number of hydrogen-bond donors (Lipinski definition) is 2. The third-order valence-electron chi connectivity index (χ3n) is 2.36. The van der Waals surface area contributed by atoms with Gasteiger partial charge in [0.2, 0.25) is 0 Å². The molecule has 0 bridgehead atoms. The van der Waals surface area contributed by atoms with Gasteiger partial charge in [0.1, 0.15) is 12.4 Å². The van der Waals surface area contributed by atoms with Crippen molar-refractivity contribution in [2.24, 2.45) is 5.92 Å². The van der Waals surface area contributed by atoms with Crippen LogP contribution in [0.4, 0.5) is 0 Å². The topological polar surface area (TPSA) is 41.5 Å². The van der Waals surface area contributed by atoms with E-state index in [2.05, 4.69) is 19.2 Å². The molecule has 0 aromatic heterocycles. The highest BCUT2D eigenvalue weighted by Gasteiger charge is 2.05. The quantitative estimate of drug-likeness (QED) is 0.801. The Morgan fingerprint density at radius 3 is 2.61 bits per heavy atom. The Morgan fingerprint density at radius 1 is 1.33 bits per heavy atom. The van der Waals surface area contributed by atoms with Gasteiger partial charge in [0.05, 0.1) is 11.1 Å². The first kappa shape index (κ1) is 15.3. The molecule has 1 aromatic rings. The van der Waals surface area contributed by atoms with E-state index in [0.717, 1.165) is 18.7 Å². The predicted octanol–water partition coefficient (Wildman–Crippen LogP) is 2.85. The van der Waals surface area contributed by atoms with Gasteiger partial charge in [0.25, 0.3) is 0 Å². The van der Waals surface area contributed by atoms with Gasteiger partial charge >= 0.3 is 0 Å². The second-order valence-corrected chi connectivity index (χ2v) is 5.36. The van der Waals surface area contributed by atoms with Gasteiger partial charge in [-0.2, -0.15) is 0 Å². The normalized spacial score (nSPS) is 12.8. The zero-order chi connectivity index (χ0) is 13.5. The van der Waals surface area contributed by atoms with Crippen LogP contribution in [0.25, 0.3) is 0 Å². The van der Waals surface area contributed by atoms with E-state index in [1.807, 2.05) is 18.2 Å². The molecule has 1 unspecified atom stereocenters. The smallest absolute Gasteiger partial charge is 0.138 e. The molecule has 0 heterocycles. The summed E-state index contributed by atoms with van der Waals surface area (Å²) in [4.78, 5) is 0. The molecule has 0 aliphatic heterocycles. The van der Waals surface area contributed by atoms with Crippen LogP contribution in [0.2, 0.25) is 5.02 Å². The van der Waals surface area contributed by atoms with Gasteiger partial charge in [0.15, 0.2) is 0 Å². The van der Waals surface area contributed by atoms with Gasteiger partial charge in [-0.25, -0.2) is 0 Å². The number of rotatable bonds is 7. The molecule has 102 valence electrons. The van der Waals surface area contributed by atoms with Crippen molar-refractivity contribution >= 4 is 11.6 Å². The first-order valence-electron chi connectivity index (χ1n) is 6.29. The fourth-order valence-electron chi connectivity index (χ4n) is 1.49. The first-order chi connectivity index (χ1) is 8.49. The number of nitrogens with one attached hydrogen (secondary N) is 1. The lowest BCUT2D eigenvalue weighted by Gasteiger charge is -2.12. The van der Waals surface area contributed by atoms with Crippen molar-refractivity contribution in [3.63, 3.8) is 0 Å². The number of ether oxygens (including phenoxy) is 1. The molecule has 18 heavy (non-hydrogen) atoms. The van der Waals surface area contributed by atoms with Crippen molar-refractivity contribution in [1.82, 2.24) is 5.32 Å². The highest BCUT2D eigenvalue weighted by Crippen LogP contribution is 2.25. The summed E-state index contributed by atoms with van der Waals surface area (Å²) >= 11 is 6.12. The van der Waals surface area contributed by atoms with Crippen LogP contribution >= 0.6 is 11.6 Å². The zero-order valence-electron chi connectivity index (χ0n) is 11.2. The number of halogens is 1. The largest absolute Gasteiger partial charge is 0.489 e. The van der Waals surface area contributed by atoms with E-state index in [-0.39, 0.29) is 6.61 Å². The second-order valence-electron chi connectivity index (χ2n) is 4.95. The highest BCUT2D eigenvalue weighted by atomic mass is 35.5. The van der Waals surface area contributed by atoms with Crippen LogP contribution in [-0.4, -0.2) is 24.4 Å². The Balaban J connectivity index is 2.51. The van der Waals surface area contributed by atoms with Gasteiger partial charge in [-0.15, -0.1) is 0 Å². The second kappa shape index (κ2) is 7.62. The molecule has 0 saturated heterocycles. The van der Waals surface area contributed by atoms with Crippen molar-refractivity contribution < 1.29 is 9.84 Å². The van der Waals surface area contributed by atoms with Gasteiger partial charge in [-0.05, 0) is 37.1 Å². The number of aliphatic hydroxyl groups is 1. The van der Waals surface area contributed by atoms with Crippen LogP contribution in [0, 0.1) is 5.92 Å². The number of aliphatic hydroxyl groups excluding tert-OH is 1. The van der Waals surface area contributed by atoms with Crippen LogP contribution in [0.3, 0.4) is 0 Å². The van der Waals surface area contributed by atoms with Crippen molar-refractivity contribution in [3.05, 3.63) is 28.8 Å². The summed E-state index contributed by atoms with van der Waals surface area (Å²) in [5, 5.41) is 13.1. The standard InChI is InChI=1S/C14H22ClNO2/c1-10(2)7-16-8-12-4-5-14(13(15)6-12)18-9-11(3)17/h4-6,10-11,16-17H,7-9H2,1-3H3. The summed E-state index contributed by atoms with van der Waals surface area (Å²) in [6.45, 7) is 8.06. The minimum absolute atomic E-state index is 0.255. The zero-order valence-corrected chi connectivity index (χ0v) is 12.0. The summed E-state index contributed by atoms with van der Waals surface area (Å²) in [7, 11) is 0. The molecule has 0 fully saturated rings. The summed E-state index contributed by atoms with van der Waals surface area (Å²) in [6.07, 6.45) is -0.492. The number of hydrogen-bond acceptors (Lipinski definition) is 3. The maximum Gasteiger partial charge on any atom is 0.138 e. The minimum Gasteiger partial charge on any atom is -0.489 e. The third kappa shape index (κ3) is 5.71. The minimum atomic E-state index is -0.492. The summed E-state index contributed by atoms with van der Waals surface area (Å²) in [6, 6.07) is 5.72. The third-order valence-corrected chi connectivity index (χ3v) is 2.65. The molecule has 0 radical (unpaired) electrons. The number of benzene rings is 1. The first-order valence-corrected chi connectivity index (χ1v) is 6.67. The van der Waals surface area contributed by atoms with Crippen molar-refractivity contribution in [2.45, 2.75) is 33.4 Å². The van der Waals surface area contributed by atoms with E-state index in [1.165, 1.54) is 0 Å². The molecule has 0 aliphatic rings. The Morgan fingerprint density at radius 2 is 2.06 bits per heavy atom. The van der Waals surface area contributed by atoms with Gasteiger partial charge in [0, 0.05) is 6.54 Å². The maximum absolute atomic E-state index is 9.15. The van der Waals surface area contributed by atoms with Gasteiger partial charge in [-0.1, -0.05) is 31.5 Å². The Bertz CT molecular complexity index is 367. The predicted molar refractivity (Wildman–Crippen MR) is 75.2 cm³/mol. The van der Waals surface area contributed by atoms with Gasteiger partial charge in [-0.3, -0.25) is 0 Å². The van der Waals surface area contributed by atoms with Crippen LogP contribution in [0.5, 0.6) is 5.75 Å². The molecule has 1 aromatic carbocycles. The lowest BCUT2D eigenvalue weighted by Crippen LogP contribution is -2.19. The fraction of sp³-hybridized carbons (Fsp3) is 0.571. The molecule has 3 nitrogen and oxygen atoms in total. The van der Waals surface area contributed by atoms with Crippen LogP contribution in [0.1, 0.15) is 26.3 Å². The van der Waals surface area contributed by atoms with E-state index < -0.39 is 6.10 Å². The molecule has 1 rings (SSSR count). The van der Waals surface area contributed by atoms with E-state index in [1.54, 1.807) is 6.92 Å². The summed E-state index contributed by atoms with van der Waals surface area (Å²) in [5.74, 6) is 1.25. The molecule has 1 atom stereocenters. The molecule has 0 spiro atoms. The van der Waals surface area contributed by atoms with Crippen molar-refractivity contribution in [3.8, 4) is 5.75 Å². The van der Waals surface area contributed by atoms with Crippen LogP contribution in [-0.2, 0) is 6.54 Å². The fourth-order valence-corrected chi connectivity index (χ4v) is 1.74.